The van der Waals surface area contributed by atoms with Crippen molar-refractivity contribution in [3.05, 3.63) is 46.8 Å². The van der Waals surface area contributed by atoms with Crippen molar-refractivity contribution in [3.8, 4) is 5.75 Å². The highest BCUT2D eigenvalue weighted by molar-refractivity contribution is 5.97. The number of carbonyl (C=O) groups is 2. The van der Waals surface area contributed by atoms with Gasteiger partial charge in [0.25, 0.3) is 5.91 Å². The number of para-hydroxylation sites is 1. The maximum absolute atomic E-state index is 12.1. The lowest BCUT2D eigenvalue weighted by Gasteiger charge is -2.09. The Bertz CT molecular complexity index is 781. The van der Waals surface area contributed by atoms with Crippen LogP contribution in [-0.4, -0.2) is 26.7 Å². The summed E-state index contributed by atoms with van der Waals surface area (Å²) >= 11 is 0. The van der Waals surface area contributed by atoms with E-state index in [4.69, 9.17) is 0 Å². The molecule has 0 aliphatic heterocycles. The van der Waals surface area contributed by atoms with Gasteiger partial charge in [0.15, 0.2) is 0 Å². The number of aromatic nitrogens is 2. The highest BCUT2D eigenvalue weighted by Crippen LogP contribution is 2.16. The van der Waals surface area contributed by atoms with Gasteiger partial charge < -0.3 is 5.11 Å². The number of aryl methyl sites for hydroxylation is 1. The van der Waals surface area contributed by atoms with Crippen molar-refractivity contribution in [2.45, 2.75) is 40.7 Å². The molecule has 0 unspecified atom stereocenters. The van der Waals surface area contributed by atoms with Crippen LogP contribution in [0.5, 0.6) is 5.75 Å². The van der Waals surface area contributed by atoms with Crippen LogP contribution >= 0.6 is 0 Å². The van der Waals surface area contributed by atoms with Crippen LogP contribution in [0.25, 0.3) is 0 Å². The number of amides is 2. The predicted octanol–water partition coefficient (Wildman–Crippen LogP) is 1.87. The number of benzene rings is 1. The van der Waals surface area contributed by atoms with Gasteiger partial charge in [0, 0.05) is 17.8 Å². The smallest absolute Gasteiger partial charge is 0.273 e. The number of carbonyl (C=O) groups excluding carboxylic acids is 2. The zero-order chi connectivity index (χ0) is 18.6. The van der Waals surface area contributed by atoms with Crippen molar-refractivity contribution in [2.24, 2.45) is 5.92 Å². The largest absolute Gasteiger partial charge is 0.507 e. The number of nitrogens with zero attached hydrogens (tertiary/aromatic N) is 2. The SMILES string of the molecule is Cc1nn(CC(C)C)c(C)c1CC(=O)NNC(=O)c1ccccc1O. The number of hydrogen-bond acceptors (Lipinski definition) is 4. The molecule has 2 rings (SSSR count). The molecule has 1 aromatic heterocycles. The lowest BCUT2D eigenvalue weighted by Crippen LogP contribution is -2.42. The zero-order valence-corrected chi connectivity index (χ0v) is 15.0. The molecule has 0 saturated heterocycles. The van der Waals surface area contributed by atoms with Crippen molar-refractivity contribution >= 4 is 11.8 Å². The number of phenols is 1. The molecule has 3 N–H and O–H groups in total. The van der Waals surface area contributed by atoms with Crippen molar-refractivity contribution in [1.29, 1.82) is 0 Å². The van der Waals surface area contributed by atoms with Gasteiger partial charge in [-0.25, -0.2) is 0 Å². The molecule has 7 heteroatoms. The Hall–Kier alpha value is -2.83. The summed E-state index contributed by atoms with van der Waals surface area (Å²) in [5, 5.41) is 14.1. The Morgan fingerprint density at radius 1 is 1.20 bits per heavy atom. The second-order valence-electron chi connectivity index (χ2n) is 6.42. The third-order valence-electron chi connectivity index (χ3n) is 3.87. The van der Waals surface area contributed by atoms with Crippen LogP contribution < -0.4 is 10.9 Å². The lowest BCUT2D eigenvalue weighted by atomic mass is 10.1. The minimum absolute atomic E-state index is 0.0971. The Kier molecular flexibility index (Phi) is 5.80. The summed E-state index contributed by atoms with van der Waals surface area (Å²) in [5.41, 5.74) is 7.40. The second kappa shape index (κ2) is 7.83. The maximum atomic E-state index is 12.1. The average molecular weight is 344 g/mol. The molecule has 0 aliphatic carbocycles. The van der Waals surface area contributed by atoms with Gasteiger partial charge in [0.05, 0.1) is 17.7 Å². The number of rotatable bonds is 5. The summed E-state index contributed by atoms with van der Waals surface area (Å²) in [6.45, 7) is 8.81. The second-order valence-corrected chi connectivity index (χ2v) is 6.42. The van der Waals surface area contributed by atoms with Crippen molar-refractivity contribution < 1.29 is 14.7 Å². The number of hydrazine groups is 1. The minimum atomic E-state index is -0.574. The molecular formula is C18H24N4O3. The van der Waals surface area contributed by atoms with Gasteiger partial charge in [0.1, 0.15) is 5.75 Å². The van der Waals surface area contributed by atoms with E-state index in [0.717, 1.165) is 23.5 Å². The molecule has 2 amide bonds. The highest BCUT2D eigenvalue weighted by Gasteiger charge is 2.16. The Labute approximate surface area is 147 Å². The summed E-state index contributed by atoms with van der Waals surface area (Å²) < 4.78 is 1.91. The first-order valence-corrected chi connectivity index (χ1v) is 8.19. The minimum Gasteiger partial charge on any atom is -0.507 e. The molecule has 0 atom stereocenters. The summed E-state index contributed by atoms with van der Waals surface area (Å²) in [4.78, 5) is 24.1. The maximum Gasteiger partial charge on any atom is 0.273 e. The molecule has 7 nitrogen and oxygen atoms in total. The summed E-state index contributed by atoms with van der Waals surface area (Å²) in [6, 6.07) is 6.13. The molecule has 0 bridgehead atoms. The molecule has 0 radical (unpaired) electrons. The first-order chi connectivity index (χ1) is 11.8. The van der Waals surface area contributed by atoms with E-state index < -0.39 is 5.91 Å². The molecular weight excluding hydrogens is 320 g/mol. The standard InChI is InChI=1S/C18H24N4O3/c1-11(2)10-22-13(4)15(12(3)21-22)9-17(24)19-20-18(25)14-7-5-6-8-16(14)23/h5-8,11,23H,9-10H2,1-4H3,(H,19,24)(H,20,25). The van der Waals surface area contributed by atoms with Crippen LogP contribution in [-0.2, 0) is 17.8 Å². The molecule has 0 saturated carbocycles. The van der Waals surface area contributed by atoms with Gasteiger partial charge >= 0.3 is 0 Å². The molecule has 1 aromatic carbocycles. The van der Waals surface area contributed by atoms with Gasteiger partial charge in [-0.15, -0.1) is 0 Å². The van der Waals surface area contributed by atoms with Crippen LogP contribution in [0.2, 0.25) is 0 Å². The number of aromatic hydroxyl groups is 1. The monoisotopic (exact) mass is 344 g/mol. The normalized spacial score (nSPS) is 10.8. The predicted molar refractivity (Wildman–Crippen MR) is 94.0 cm³/mol. The first kappa shape index (κ1) is 18.5. The van der Waals surface area contributed by atoms with E-state index in [2.05, 4.69) is 29.8 Å². The van der Waals surface area contributed by atoms with Crippen LogP contribution in [0.3, 0.4) is 0 Å². The van der Waals surface area contributed by atoms with Crippen LogP contribution in [0.15, 0.2) is 24.3 Å². The quantitative estimate of drug-likeness (QED) is 0.722. The topological polar surface area (TPSA) is 96.3 Å². The van der Waals surface area contributed by atoms with Gasteiger partial charge in [-0.3, -0.25) is 25.1 Å². The summed E-state index contributed by atoms with van der Waals surface area (Å²) in [7, 11) is 0. The van der Waals surface area contributed by atoms with Gasteiger partial charge in [-0.1, -0.05) is 26.0 Å². The molecule has 2 aromatic rings. The molecule has 134 valence electrons. The third kappa shape index (κ3) is 4.59. The van der Waals surface area contributed by atoms with Gasteiger partial charge in [-0.2, -0.15) is 5.10 Å². The number of phenolic OH excluding ortho intramolecular Hbond substituents is 1. The van der Waals surface area contributed by atoms with E-state index in [1.165, 1.54) is 12.1 Å². The van der Waals surface area contributed by atoms with Crippen molar-refractivity contribution in [1.82, 2.24) is 20.6 Å². The van der Waals surface area contributed by atoms with E-state index in [-0.39, 0.29) is 23.6 Å². The van der Waals surface area contributed by atoms with E-state index in [0.29, 0.717) is 5.92 Å². The van der Waals surface area contributed by atoms with E-state index in [1.807, 2.05) is 18.5 Å². The van der Waals surface area contributed by atoms with Gasteiger partial charge in [-0.05, 0) is 31.9 Å². The fraction of sp³-hybridized carbons (Fsp3) is 0.389. The van der Waals surface area contributed by atoms with Crippen molar-refractivity contribution in [2.75, 3.05) is 0 Å². The molecule has 0 aliphatic rings. The van der Waals surface area contributed by atoms with Crippen LogP contribution in [0.1, 0.15) is 41.2 Å². The highest BCUT2D eigenvalue weighted by atomic mass is 16.3. The van der Waals surface area contributed by atoms with E-state index in [1.54, 1.807) is 12.1 Å². The van der Waals surface area contributed by atoms with Crippen molar-refractivity contribution in [3.63, 3.8) is 0 Å². The number of hydrogen-bond donors (Lipinski definition) is 3. The van der Waals surface area contributed by atoms with E-state index >= 15 is 0 Å². The van der Waals surface area contributed by atoms with Crippen LogP contribution in [0, 0.1) is 19.8 Å². The Morgan fingerprint density at radius 2 is 1.88 bits per heavy atom. The first-order valence-electron chi connectivity index (χ1n) is 8.19. The Balaban J connectivity index is 1.98. The average Bonchev–Trinajstić information content (AvgIpc) is 2.80. The van der Waals surface area contributed by atoms with Gasteiger partial charge in [0.2, 0.25) is 5.91 Å². The Morgan fingerprint density at radius 3 is 2.52 bits per heavy atom. The molecule has 1 heterocycles. The summed E-state index contributed by atoms with van der Waals surface area (Å²) in [5.74, 6) is -0.608. The van der Waals surface area contributed by atoms with E-state index in [9.17, 15) is 14.7 Å². The zero-order valence-electron chi connectivity index (χ0n) is 15.0. The summed E-state index contributed by atoms with van der Waals surface area (Å²) in [6.07, 6.45) is 0.122. The fourth-order valence-corrected chi connectivity index (χ4v) is 2.58. The van der Waals surface area contributed by atoms with Crippen LogP contribution in [0.4, 0.5) is 0 Å². The number of nitrogens with one attached hydrogen (secondary N) is 2. The lowest BCUT2D eigenvalue weighted by molar-refractivity contribution is -0.121. The molecule has 0 spiro atoms. The third-order valence-corrected chi connectivity index (χ3v) is 3.87. The fourth-order valence-electron chi connectivity index (χ4n) is 2.58. The molecule has 0 fully saturated rings. The molecule has 25 heavy (non-hydrogen) atoms.